The standard InChI is InChI=1S/C11H18N2/c1-2-3-4-5-6-7-11-8-12-10-13-9-11/h8-10H,2-7H2,1H3. The second-order valence-electron chi connectivity index (χ2n) is 3.41. The molecule has 1 rings (SSSR count). The summed E-state index contributed by atoms with van der Waals surface area (Å²) in [6, 6.07) is 0. The van der Waals surface area contributed by atoms with Crippen LogP contribution in [0.3, 0.4) is 0 Å². The summed E-state index contributed by atoms with van der Waals surface area (Å²) >= 11 is 0. The van der Waals surface area contributed by atoms with Crippen LogP contribution in [-0.2, 0) is 6.42 Å². The van der Waals surface area contributed by atoms with Crippen molar-refractivity contribution in [2.24, 2.45) is 0 Å². The van der Waals surface area contributed by atoms with Crippen molar-refractivity contribution in [2.75, 3.05) is 0 Å². The maximum absolute atomic E-state index is 3.99. The van der Waals surface area contributed by atoms with Gasteiger partial charge in [-0.15, -0.1) is 0 Å². The summed E-state index contributed by atoms with van der Waals surface area (Å²) < 4.78 is 0. The average Bonchev–Trinajstić information content (AvgIpc) is 2.19. The molecule has 2 heteroatoms. The molecule has 0 aliphatic rings. The fraction of sp³-hybridized carbons (Fsp3) is 0.636. The van der Waals surface area contributed by atoms with Crippen LogP contribution < -0.4 is 0 Å². The highest BCUT2D eigenvalue weighted by atomic mass is 14.8. The lowest BCUT2D eigenvalue weighted by molar-refractivity contribution is 0.631. The lowest BCUT2D eigenvalue weighted by atomic mass is 10.1. The number of hydrogen-bond donors (Lipinski definition) is 0. The van der Waals surface area contributed by atoms with E-state index < -0.39 is 0 Å². The summed E-state index contributed by atoms with van der Waals surface area (Å²) in [6.45, 7) is 2.24. The van der Waals surface area contributed by atoms with Crippen molar-refractivity contribution in [1.82, 2.24) is 9.97 Å². The van der Waals surface area contributed by atoms with Crippen molar-refractivity contribution in [3.63, 3.8) is 0 Å². The Kier molecular flexibility index (Phi) is 5.14. The Morgan fingerprint density at radius 2 is 1.69 bits per heavy atom. The van der Waals surface area contributed by atoms with Crippen molar-refractivity contribution >= 4 is 0 Å². The van der Waals surface area contributed by atoms with Crippen LogP contribution in [-0.4, -0.2) is 9.97 Å². The van der Waals surface area contributed by atoms with Gasteiger partial charge in [0.25, 0.3) is 0 Å². The third-order valence-electron chi connectivity index (χ3n) is 2.18. The highest BCUT2D eigenvalue weighted by Crippen LogP contribution is 2.06. The molecule has 0 amide bonds. The molecule has 0 spiro atoms. The number of hydrogen-bond acceptors (Lipinski definition) is 2. The maximum Gasteiger partial charge on any atom is 0.115 e. The van der Waals surface area contributed by atoms with E-state index >= 15 is 0 Å². The smallest absolute Gasteiger partial charge is 0.115 e. The van der Waals surface area contributed by atoms with Crippen molar-refractivity contribution < 1.29 is 0 Å². The SMILES string of the molecule is CCCCCCCc1cncnc1. The van der Waals surface area contributed by atoms with Gasteiger partial charge in [-0.1, -0.05) is 32.6 Å². The van der Waals surface area contributed by atoms with Crippen molar-refractivity contribution in [3.8, 4) is 0 Å². The summed E-state index contributed by atoms with van der Waals surface area (Å²) in [5, 5.41) is 0. The molecule has 0 radical (unpaired) electrons. The van der Waals surface area contributed by atoms with Crippen molar-refractivity contribution in [2.45, 2.75) is 45.4 Å². The molecule has 2 nitrogen and oxygen atoms in total. The second-order valence-corrected chi connectivity index (χ2v) is 3.41. The number of aryl methyl sites for hydroxylation is 1. The minimum atomic E-state index is 1.13. The first-order valence-electron chi connectivity index (χ1n) is 5.17. The zero-order valence-electron chi connectivity index (χ0n) is 8.37. The Morgan fingerprint density at radius 3 is 2.38 bits per heavy atom. The number of unbranched alkanes of at least 4 members (excludes halogenated alkanes) is 4. The van der Waals surface area contributed by atoms with Gasteiger partial charge in [0, 0.05) is 12.4 Å². The Balaban J connectivity index is 2.07. The van der Waals surface area contributed by atoms with Gasteiger partial charge in [-0.3, -0.25) is 0 Å². The monoisotopic (exact) mass is 178 g/mol. The number of nitrogens with zero attached hydrogens (tertiary/aromatic N) is 2. The van der Waals surface area contributed by atoms with E-state index in [-0.39, 0.29) is 0 Å². The Bertz CT molecular complexity index is 209. The lowest BCUT2D eigenvalue weighted by Gasteiger charge is -1.99. The quantitative estimate of drug-likeness (QED) is 0.626. The molecule has 0 fully saturated rings. The van der Waals surface area contributed by atoms with Crippen molar-refractivity contribution in [1.29, 1.82) is 0 Å². The lowest BCUT2D eigenvalue weighted by Crippen LogP contribution is -1.88. The van der Waals surface area contributed by atoms with E-state index in [1.54, 1.807) is 6.33 Å². The van der Waals surface area contributed by atoms with Gasteiger partial charge in [-0.2, -0.15) is 0 Å². The average molecular weight is 178 g/mol. The Labute approximate surface area is 80.4 Å². The zero-order chi connectivity index (χ0) is 9.36. The highest BCUT2D eigenvalue weighted by Gasteiger charge is 1.92. The van der Waals surface area contributed by atoms with E-state index in [9.17, 15) is 0 Å². The van der Waals surface area contributed by atoms with Crippen LogP contribution in [0.25, 0.3) is 0 Å². The predicted molar refractivity (Wildman–Crippen MR) is 54.5 cm³/mol. The predicted octanol–water partition coefficient (Wildman–Crippen LogP) is 2.99. The molecule has 0 atom stereocenters. The number of aromatic nitrogens is 2. The Hall–Kier alpha value is -0.920. The van der Waals surface area contributed by atoms with Crippen LogP contribution in [0.5, 0.6) is 0 Å². The van der Waals surface area contributed by atoms with Crippen LogP contribution in [0.1, 0.15) is 44.6 Å². The summed E-state index contributed by atoms with van der Waals surface area (Å²) in [7, 11) is 0. The first-order chi connectivity index (χ1) is 6.43. The number of rotatable bonds is 6. The van der Waals surface area contributed by atoms with Gasteiger partial charge in [0.15, 0.2) is 0 Å². The molecule has 72 valence electrons. The molecular weight excluding hydrogens is 160 g/mol. The molecule has 0 aliphatic heterocycles. The van der Waals surface area contributed by atoms with Crippen LogP contribution in [0, 0.1) is 0 Å². The molecule has 0 saturated heterocycles. The van der Waals surface area contributed by atoms with Crippen molar-refractivity contribution in [3.05, 3.63) is 24.3 Å². The summed E-state index contributed by atoms with van der Waals surface area (Å²) in [6.07, 6.45) is 13.2. The van der Waals surface area contributed by atoms with Crippen LogP contribution in [0.2, 0.25) is 0 Å². The third kappa shape index (κ3) is 4.61. The Morgan fingerprint density at radius 1 is 1.00 bits per heavy atom. The molecule has 0 bridgehead atoms. The van der Waals surface area contributed by atoms with Crippen LogP contribution >= 0.6 is 0 Å². The fourth-order valence-corrected chi connectivity index (χ4v) is 1.39. The largest absolute Gasteiger partial charge is 0.245 e. The molecule has 0 N–H and O–H groups in total. The zero-order valence-corrected chi connectivity index (χ0v) is 8.37. The van der Waals surface area contributed by atoms with Gasteiger partial charge in [0.2, 0.25) is 0 Å². The minimum Gasteiger partial charge on any atom is -0.245 e. The van der Waals surface area contributed by atoms with E-state index in [0.717, 1.165) is 6.42 Å². The molecule has 0 saturated carbocycles. The molecular formula is C11H18N2. The molecule has 13 heavy (non-hydrogen) atoms. The van der Waals surface area contributed by atoms with Crippen LogP contribution in [0.4, 0.5) is 0 Å². The molecule has 1 heterocycles. The van der Waals surface area contributed by atoms with E-state index in [1.165, 1.54) is 37.7 Å². The van der Waals surface area contributed by atoms with E-state index in [2.05, 4.69) is 16.9 Å². The molecule has 0 aliphatic carbocycles. The topological polar surface area (TPSA) is 25.8 Å². The molecule has 0 unspecified atom stereocenters. The van der Waals surface area contributed by atoms with Crippen LogP contribution in [0.15, 0.2) is 18.7 Å². The first kappa shape index (κ1) is 10.2. The van der Waals surface area contributed by atoms with E-state index in [4.69, 9.17) is 0 Å². The minimum absolute atomic E-state index is 1.13. The van der Waals surface area contributed by atoms with E-state index in [1.807, 2.05) is 12.4 Å². The van der Waals surface area contributed by atoms with Gasteiger partial charge >= 0.3 is 0 Å². The third-order valence-corrected chi connectivity index (χ3v) is 2.18. The maximum atomic E-state index is 3.99. The summed E-state index contributed by atoms with van der Waals surface area (Å²) in [4.78, 5) is 7.98. The molecule has 0 aromatic carbocycles. The van der Waals surface area contributed by atoms with Gasteiger partial charge in [-0.05, 0) is 18.4 Å². The van der Waals surface area contributed by atoms with Gasteiger partial charge in [0.05, 0.1) is 0 Å². The molecule has 1 aromatic heterocycles. The van der Waals surface area contributed by atoms with E-state index in [0.29, 0.717) is 0 Å². The first-order valence-corrected chi connectivity index (χ1v) is 5.17. The van der Waals surface area contributed by atoms with Gasteiger partial charge in [-0.25, -0.2) is 9.97 Å². The van der Waals surface area contributed by atoms with Gasteiger partial charge in [0.1, 0.15) is 6.33 Å². The molecule has 1 aromatic rings. The fourth-order valence-electron chi connectivity index (χ4n) is 1.39. The summed E-state index contributed by atoms with van der Waals surface area (Å²) in [5.74, 6) is 0. The highest BCUT2D eigenvalue weighted by molar-refractivity contribution is 5.01. The second kappa shape index (κ2) is 6.58. The van der Waals surface area contributed by atoms with Gasteiger partial charge < -0.3 is 0 Å². The normalized spacial score (nSPS) is 10.2. The summed E-state index contributed by atoms with van der Waals surface area (Å²) in [5.41, 5.74) is 1.26.